The summed E-state index contributed by atoms with van der Waals surface area (Å²) in [4.78, 5) is 0. The number of rotatable bonds is 6. The van der Waals surface area contributed by atoms with Gasteiger partial charge in [0.25, 0.3) is 0 Å². The van der Waals surface area contributed by atoms with Crippen LogP contribution in [0.5, 0.6) is 5.75 Å². The molecule has 1 fully saturated rings. The molecule has 0 aromatic heterocycles. The Labute approximate surface area is 130 Å². The maximum Gasteiger partial charge on any atom is 0.461 e. The highest BCUT2D eigenvalue weighted by atomic mass is 19.3. The van der Waals surface area contributed by atoms with Crippen LogP contribution in [-0.4, -0.2) is 25.7 Å². The Kier molecular flexibility index (Phi) is 5.80. The Hall–Kier alpha value is -1.41. The first-order chi connectivity index (χ1) is 10.8. The lowest BCUT2D eigenvalue weighted by Gasteiger charge is -2.29. The van der Waals surface area contributed by atoms with E-state index in [0.717, 1.165) is 25.0 Å². The molecule has 1 heterocycles. The van der Waals surface area contributed by atoms with Gasteiger partial charge in [0.2, 0.25) is 0 Å². The highest BCUT2D eigenvalue weighted by molar-refractivity contribution is 5.30. The standard InChI is InChI=1S/C15H17F5O3/c1-2-3-9-7-21-13(22-8-9)10-4-5-12(11(16)6-10)23-15(19,20)14(17)18/h4-6,9,13-14H,2-3,7-8H2,1H3. The van der Waals surface area contributed by atoms with Crippen molar-refractivity contribution in [3.8, 4) is 5.75 Å². The number of hydrogen-bond acceptors (Lipinski definition) is 3. The van der Waals surface area contributed by atoms with Gasteiger partial charge < -0.3 is 14.2 Å². The van der Waals surface area contributed by atoms with Crippen molar-refractivity contribution in [3.63, 3.8) is 0 Å². The fourth-order valence-corrected chi connectivity index (χ4v) is 2.25. The van der Waals surface area contributed by atoms with E-state index in [1.54, 1.807) is 0 Å². The predicted molar refractivity (Wildman–Crippen MR) is 71.0 cm³/mol. The van der Waals surface area contributed by atoms with E-state index >= 15 is 0 Å². The van der Waals surface area contributed by atoms with Crippen LogP contribution in [0.1, 0.15) is 31.6 Å². The number of alkyl halides is 4. The summed E-state index contributed by atoms with van der Waals surface area (Å²) in [7, 11) is 0. The Bertz CT molecular complexity index is 516. The third-order valence-corrected chi connectivity index (χ3v) is 3.39. The van der Waals surface area contributed by atoms with Gasteiger partial charge in [0.05, 0.1) is 13.2 Å². The second-order valence-electron chi connectivity index (χ2n) is 5.31. The maximum atomic E-state index is 13.8. The first-order valence-corrected chi connectivity index (χ1v) is 7.21. The average molecular weight is 340 g/mol. The molecule has 0 amide bonds. The van der Waals surface area contributed by atoms with E-state index in [4.69, 9.17) is 9.47 Å². The van der Waals surface area contributed by atoms with E-state index < -0.39 is 30.4 Å². The second kappa shape index (κ2) is 7.44. The van der Waals surface area contributed by atoms with Crippen LogP contribution in [0.2, 0.25) is 0 Å². The molecule has 0 bridgehead atoms. The third kappa shape index (κ3) is 4.54. The molecule has 0 unspecified atom stereocenters. The zero-order valence-electron chi connectivity index (χ0n) is 12.4. The molecule has 0 atom stereocenters. The van der Waals surface area contributed by atoms with Crippen LogP contribution in [0.15, 0.2) is 18.2 Å². The minimum Gasteiger partial charge on any atom is -0.425 e. The molecule has 23 heavy (non-hydrogen) atoms. The summed E-state index contributed by atoms with van der Waals surface area (Å²) in [6.45, 7) is 2.93. The minimum atomic E-state index is -4.76. The molecule has 1 aliphatic heterocycles. The van der Waals surface area contributed by atoms with E-state index in [0.29, 0.717) is 13.2 Å². The molecule has 1 aliphatic rings. The summed E-state index contributed by atoms with van der Waals surface area (Å²) in [5.74, 6) is -1.89. The van der Waals surface area contributed by atoms with Gasteiger partial charge in [0.15, 0.2) is 17.9 Å². The van der Waals surface area contributed by atoms with Crippen molar-refractivity contribution in [2.24, 2.45) is 5.92 Å². The van der Waals surface area contributed by atoms with E-state index in [9.17, 15) is 22.0 Å². The van der Waals surface area contributed by atoms with Gasteiger partial charge in [-0.2, -0.15) is 17.6 Å². The first-order valence-electron chi connectivity index (χ1n) is 7.21. The molecule has 1 saturated heterocycles. The third-order valence-electron chi connectivity index (χ3n) is 3.39. The van der Waals surface area contributed by atoms with Gasteiger partial charge in [0.1, 0.15) is 0 Å². The van der Waals surface area contributed by atoms with Crippen molar-refractivity contribution in [1.82, 2.24) is 0 Å². The lowest BCUT2D eigenvalue weighted by Crippen LogP contribution is -2.33. The zero-order valence-corrected chi connectivity index (χ0v) is 12.4. The molecular formula is C15H17F5O3. The molecule has 130 valence electrons. The Morgan fingerprint density at radius 3 is 2.43 bits per heavy atom. The van der Waals surface area contributed by atoms with Crippen molar-refractivity contribution < 1.29 is 36.2 Å². The largest absolute Gasteiger partial charge is 0.461 e. The molecule has 2 rings (SSSR count). The van der Waals surface area contributed by atoms with Crippen LogP contribution in [0.3, 0.4) is 0 Å². The van der Waals surface area contributed by atoms with Crippen molar-refractivity contribution in [2.75, 3.05) is 13.2 Å². The van der Waals surface area contributed by atoms with E-state index in [-0.39, 0.29) is 11.5 Å². The lowest BCUT2D eigenvalue weighted by atomic mass is 10.1. The zero-order chi connectivity index (χ0) is 17.0. The summed E-state index contributed by atoms with van der Waals surface area (Å²) < 4.78 is 78.2. The molecule has 1 aromatic rings. The van der Waals surface area contributed by atoms with Gasteiger partial charge in [-0.1, -0.05) is 19.4 Å². The summed E-state index contributed by atoms with van der Waals surface area (Å²) in [6, 6.07) is 2.97. The molecule has 3 nitrogen and oxygen atoms in total. The van der Waals surface area contributed by atoms with Crippen molar-refractivity contribution in [3.05, 3.63) is 29.6 Å². The van der Waals surface area contributed by atoms with Gasteiger partial charge in [-0.25, -0.2) is 4.39 Å². The van der Waals surface area contributed by atoms with E-state index in [2.05, 4.69) is 4.74 Å². The molecule has 0 spiro atoms. The second-order valence-corrected chi connectivity index (χ2v) is 5.31. The molecule has 0 radical (unpaired) electrons. The Balaban J connectivity index is 2.02. The maximum absolute atomic E-state index is 13.8. The molecule has 8 heteroatoms. The van der Waals surface area contributed by atoms with Gasteiger partial charge in [0, 0.05) is 11.5 Å². The van der Waals surface area contributed by atoms with Crippen LogP contribution in [-0.2, 0) is 9.47 Å². The summed E-state index contributed by atoms with van der Waals surface area (Å²) in [5.41, 5.74) is 0.269. The van der Waals surface area contributed by atoms with Crippen LogP contribution >= 0.6 is 0 Å². The predicted octanol–water partition coefficient (Wildman–Crippen LogP) is 4.52. The van der Waals surface area contributed by atoms with Crippen LogP contribution in [0, 0.1) is 11.7 Å². The van der Waals surface area contributed by atoms with Gasteiger partial charge in [-0.15, -0.1) is 0 Å². The SMILES string of the molecule is CCCC1COC(c2ccc(OC(F)(F)C(F)F)c(F)c2)OC1. The topological polar surface area (TPSA) is 27.7 Å². The molecule has 1 aromatic carbocycles. The monoisotopic (exact) mass is 340 g/mol. The van der Waals surface area contributed by atoms with Gasteiger partial charge in [-0.3, -0.25) is 0 Å². The quantitative estimate of drug-likeness (QED) is 0.713. The number of halogens is 5. The molecule has 0 N–H and O–H groups in total. The van der Waals surface area contributed by atoms with Gasteiger partial charge >= 0.3 is 12.5 Å². The van der Waals surface area contributed by atoms with E-state index in [1.807, 2.05) is 6.92 Å². The Morgan fingerprint density at radius 1 is 1.26 bits per heavy atom. The lowest BCUT2D eigenvalue weighted by molar-refractivity contribution is -0.254. The van der Waals surface area contributed by atoms with Crippen molar-refractivity contribution >= 4 is 0 Å². The fraction of sp³-hybridized carbons (Fsp3) is 0.600. The summed E-state index contributed by atoms with van der Waals surface area (Å²) >= 11 is 0. The van der Waals surface area contributed by atoms with Crippen LogP contribution in [0.4, 0.5) is 22.0 Å². The summed E-state index contributed by atoms with van der Waals surface area (Å²) in [5, 5.41) is 0. The first kappa shape index (κ1) is 17.9. The van der Waals surface area contributed by atoms with Crippen LogP contribution < -0.4 is 4.74 Å². The fourth-order valence-electron chi connectivity index (χ4n) is 2.25. The van der Waals surface area contributed by atoms with Gasteiger partial charge in [-0.05, 0) is 18.6 Å². The van der Waals surface area contributed by atoms with Crippen molar-refractivity contribution in [1.29, 1.82) is 0 Å². The minimum absolute atomic E-state index is 0.258. The number of hydrogen-bond donors (Lipinski definition) is 0. The molecule has 0 aliphatic carbocycles. The average Bonchev–Trinajstić information content (AvgIpc) is 2.50. The number of benzene rings is 1. The highest BCUT2D eigenvalue weighted by Gasteiger charge is 2.44. The summed E-state index contributed by atoms with van der Waals surface area (Å²) in [6.07, 6.45) is -7.70. The molecule has 0 saturated carbocycles. The number of ether oxygens (including phenoxy) is 3. The normalized spacial score (nSPS) is 22.4. The highest BCUT2D eigenvalue weighted by Crippen LogP contribution is 2.33. The molecular weight excluding hydrogens is 323 g/mol. The van der Waals surface area contributed by atoms with E-state index in [1.165, 1.54) is 6.07 Å². The smallest absolute Gasteiger partial charge is 0.425 e. The Morgan fingerprint density at radius 2 is 1.91 bits per heavy atom. The van der Waals surface area contributed by atoms with Crippen LogP contribution in [0.25, 0.3) is 0 Å². The van der Waals surface area contributed by atoms with Crippen molar-refractivity contribution in [2.45, 2.75) is 38.6 Å².